The molecule has 0 spiro atoms. The summed E-state index contributed by atoms with van der Waals surface area (Å²) >= 11 is 0. The summed E-state index contributed by atoms with van der Waals surface area (Å²) in [5, 5.41) is 19.0. The molecule has 0 aromatic heterocycles. The highest BCUT2D eigenvalue weighted by atomic mass is 16.5. The van der Waals surface area contributed by atoms with Gasteiger partial charge in [-0.25, -0.2) is 0 Å². The van der Waals surface area contributed by atoms with Gasteiger partial charge in [0, 0.05) is 13.1 Å². The Bertz CT molecular complexity index is 490. The third kappa shape index (κ3) is 3.03. The molecule has 2 rings (SSSR count). The minimum absolute atomic E-state index is 0.240. The van der Waals surface area contributed by atoms with Crippen molar-refractivity contribution >= 4 is 0 Å². The number of rotatable bonds is 4. The van der Waals surface area contributed by atoms with Gasteiger partial charge in [-0.3, -0.25) is 4.90 Å². The Labute approximate surface area is 119 Å². The van der Waals surface area contributed by atoms with E-state index in [4.69, 9.17) is 9.47 Å². The fraction of sp³-hybridized carbons (Fsp3) is 0.533. The van der Waals surface area contributed by atoms with Crippen LogP contribution in [0.25, 0.3) is 0 Å². The van der Waals surface area contributed by atoms with Gasteiger partial charge in [0.15, 0.2) is 11.5 Å². The van der Waals surface area contributed by atoms with Gasteiger partial charge in [-0.2, -0.15) is 5.26 Å². The highest BCUT2D eigenvalue weighted by Crippen LogP contribution is 2.32. The van der Waals surface area contributed by atoms with E-state index in [2.05, 4.69) is 11.0 Å². The van der Waals surface area contributed by atoms with Gasteiger partial charge in [0.05, 0.1) is 26.4 Å². The van der Waals surface area contributed by atoms with Crippen LogP contribution < -0.4 is 9.47 Å². The number of hydrogen-bond acceptors (Lipinski definition) is 5. The number of piperidine rings is 1. The molecule has 0 saturated carbocycles. The summed E-state index contributed by atoms with van der Waals surface area (Å²) in [5.74, 6) is 1.28. The van der Waals surface area contributed by atoms with Crippen molar-refractivity contribution in [3.05, 3.63) is 23.8 Å². The van der Waals surface area contributed by atoms with E-state index in [1.807, 2.05) is 18.2 Å². The molecule has 1 fully saturated rings. The van der Waals surface area contributed by atoms with Gasteiger partial charge in [-0.15, -0.1) is 0 Å². The number of hydrogen-bond donors (Lipinski definition) is 1. The predicted octanol–water partition coefficient (Wildman–Crippen LogP) is 1.73. The SMILES string of the molecule is COc1ccc(C(C#N)N2CCC(O)CC2)cc1OC. The van der Waals surface area contributed by atoms with E-state index in [9.17, 15) is 10.4 Å². The van der Waals surface area contributed by atoms with E-state index in [-0.39, 0.29) is 12.1 Å². The molecule has 1 heterocycles. The second-order valence-electron chi connectivity index (χ2n) is 4.91. The van der Waals surface area contributed by atoms with Gasteiger partial charge in [0.1, 0.15) is 6.04 Å². The Morgan fingerprint density at radius 1 is 1.25 bits per heavy atom. The number of aliphatic hydroxyl groups excluding tert-OH is 1. The molecule has 0 bridgehead atoms. The topological polar surface area (TPSA) is 65.7 Å². The monoisotopic (exact) mass is 276 g/mol. The number of ether oxygens (including phenoxy) is 2. The molecular weight excluding hydrogens is 256 g/mol. The summed E-state index contributed by atoms with van der Waals surface area (Å²) in [5.41, 5.74) is 0.890. The lowest BCUT2D eigenvalue weighted by Gasteiger charge is -2.33. The Kier molecular flexibility index (Phi) is 4.83. The Morgan fingerprint density at radius 2 is 1.90 bits per heavy atom. The standard InChI is InChI=1S/C15H20N2O3/c1-19-14-4-3-11(9-15(14)20-2)13(10-16)17-7-5-12(18)6-8-17/h3-4,9,12-13,18H,5-8H2,1-2H3. The molecule has 1 aliphatic rings. The van der Waals surface area contributed by atoms with E-state index in [0.717, 1.165) is 18.7 Å². The molecule has 20 heavy (non-hydrogen) atoms. The smallest absolute Gasteiger partial charge is 0.161 e. The van der Waals surface area contributed by atoms with Crippen LogP contribution in [-0.4, -0.2) is 43.4 Å². The van der Waals surface area contributed by atoms with Crippen LogP contribution in [0.1, 0.15) is 24.4 Å². The van der Waals surface area contributed by atoms with Crippen molar-refractivity contribution in [1.29, 1.82) is 5.26 Å². The average Bonchev–Trinajstić information content (AvgIpc) is 2.49. The largest absolute Gasteiger partial charge is 0.493 e. The first kappa shape index (κ1) is 14.6. The molecule has 5 heteroatoms. The maximum atomic E-state index is 9.56. The third-order valence-corrected chi connectivity index (χ3v) is 3.71. The first-order valence-corrected chi connectivity index (χ1v) is 6.73. The van der Waals surface area contributed by atoms with Gasteiger partial charge in [0.25, 0.3) is 0 Å². The number of methoxy groups -OCH3 is 2. The van der Waals surface area contributed by atoms with Crippen molar-refractivity contribution in [1.82, 2.24) is 4.90 Å². The van der Waals surface area contributed by atoms with E-state index in [1.165, 1.54) is 0 Å². The highest BCUT2D eigenvalue weighted by molar-refractivity contribution is 5.44. The van der Waals surface area contributed by atoms with Crippen LogP contribution >= 0.6 is 0 Å². The zero-order valence-electron chi connectivity index (χ0n) is 11.9. The second-order valence-corrected chi connectivity index (χ2v) is 4.91. The van der Waals surface area contributed by atoms with E-state index in [0.29, 0.717) is 24.3 Å². The van der Waals surface area contributed by atoms with Gasteiger partial charge < -0.3 is 14.6 Å². The maximum absolute atomic E-state index is 9.56. The van der Waals surface area contributed by atoms with Crippen molar-refractivity contribution < 1.29 is 14.6 Å². The Morgan fingerprint density at radius 3 is 2.45 bits per heavy atom. The van der Waals surface area contributed by atoms with Crippen LogP contribution in [0, 0.1) is 11.3 Å². The number of nitriles is 1. The average molecular weight is 276 g/mol. The van der Waals surface area contributed by atoms with Gasteiger partial charge >= 0.3 is 0 Å². The minimum Gasteiger partial charge on any atom is -0.493 e. The normalized spacial score (nSPS) is 18.3. The molecule has 0 radical (unpaired) electrons. The molecule has 0 aliphatic carbocycles. The summed E-state index contributed by atoms with van der Waals surface area (Å²) in [6.07, 6.45) is 1.19. The van der Waals surface area contributed by atoms with Crippen LogP contribution in [0.5, 0.6) is 11.5 Å². The van der Waals surface area contributed by atoms with Crippen LogP contribution in [0.15, 0.2) is 18.2 Å². The number of benzene rings is 1. The molecule has 1 saturated heterocycles. The fourth-order valence-corrected chi connectivity index (χ4v) is 2.53. The van der Waals surface area contributed by atoms with E-state index >= 15 is 0 Å². The summed E-state index contributed by atoms with van der Waals surface area (Å²) in [6.45, 7) is 1.46. The van der Waals surface area contributed by atoms with Crippen molar-refractivity contribution in [3.63, 3.8) is 0 Å². The van der Waals surface area contributed by atoms with Crippen molar-refractivity contribution in [2.45, 2.75) is 25.0 Å². The summed E-state index contributed by atoms with van der Waals surface area (Å²) in [4.78, 5) is 2.09. The van der Waals surface area contributed by atoms with Crippen molar-refractivity contribution in [3.8, 4) is 17.6 Å². The number of nitrogens with zero attached hydrogens (tertiary/aromatic N) is 2. The summed E-state index contributed by atoms with van der Waals surface area (Å²) < 4.78 is 10.5. The maximum Gasteiger partial charge on any atom is 0.161 e. The molecular formula is C15H20N2O3. The highest BCUT2D eigenvalue weighted by Gasteiger charge is 2.25. The molecule has 108 valence electrons. The molecule has 1 aliphatic heterocycles. The zero-order valence-corrected chi connectivity index (χ0v) is 11.9. The fourth-order valence-electron chi connectivity index (χ4n) is 2.53. The van der Waals surface area contributed by atoms with Crippen LogP contribution in [0.4, 0.5) is 0 Å². The molecule has 5 nitrogen and oxygen atoms in total. The third-order valence-electron chi connectivity index (χ3n) is 3.71. The summed E-state index contributed by atoms with van der Waals surface area (Å²) in [6, 6.07) is 7.57. The van der Waals surface area contributed by atoms with Crippen LogP contribution in [0.2, 0.25) is 0 Å². The molecule has 1 unspecified atom stereocenters. The Hall–Kier alpha value is -1.77. The van der Waals surface area contributed by atoms with Crippen LogP contribution in [0.3, 0.4) is 0 Å². The molecule has 1 aromatic carbocycles. The first-order chi connectivity index (χ1) is 9.69. The van der Waals surface area contributed by atoms with Gasteiger partial charge in [-0.1, -0.05) is 6.07 Å². The molecule has 1 aromatic rings. The van der Waals surface area contributed by atoms with Crippen molar-refractivity contribution in [2.75, 3.05) is 27.3 Å². The lowest BCUT2D eigenvalue weighted by Crippen LogP contribution is -2.38. The quantitative estimate of drug-likeness (QED) is 0.907. The van der Waals surface area contributed by atoms with Crippen LogP contribution in [-0.2, 0) is 0 Å². The van der Waals surface area contributed by atoms with Crippen molar-refractivity contribution in [2.24, 2.45) is 0 Å². The second kappa shape index (κ2) is 6.60. The van der Waals surface area contributed by atoms with Gasteiger partial charge in [0.2, 0.25) is 0 Å². The molecule has 1 atom stereocenters. The first-order valence-electron chi connectivity index (χ1n) is 6.73. The predicted molar refractivity (Wildman–Crippen MR) is 74.7 cm³/mol. The van der Waals surface area contributed by atoms with Gasteiger partial charge in [-0.05, 0) is 30.5 Å². The summed E-state index contributed by atoms with van der Waals surface area (Å²) in [7, 11) is 3.17. The number of aliphatic hydroxyl groups is 1. The minimum atomic E-state index is -0.317. The van der Waals surface area contributed by atoms with E-state index < -0.39 is 0 Å². The van der Waals surface area contributed by atoms with E-state index in [1.54, 1.807) is 14.2 Å². The molecule has 0 amide bonds. The molecule has 1 N–H and O–H groups in total. The number of likely N-dealkylation sites (tertiary alicyclic amines) is 1. The Balaban J connectivity index is 2.21. The lowest BCUT2D eigenvalue weighted by atomic mass is 10.0. The zero-order chi connectivity index (χ0) is 14.5. The lowest BCUT2D eigenvalue weighted by molar-refractivity contribution is 0.0716.